The number of amides is 1. The lowest BCUT2D eigenvalue weighted by atomic mass is 9.73. The summed E-state index contributed by atoms with van der Waals surface area (Å²) in [4.78, 5) is 18.6. The number of nitrogens with zero attached hydrogens (tertiary/aromatic N) is 2. The first-order valence-corrected chi connectivity index (χ1v) is 9.10. The lowest BCUT2D eigenvalue weighted by Gasteiger charge is -2.50. The summed E-state index contributed by atoms with van der Waals surface area (Å²) in [6.45, 7) is 6.82. The number of halogens is 1. The fourth-order valence-electron chi connectivity index (χ4n) is 3.82. The van der Waals surface area contributed by atoms with Gasteiger partial charge >= 0.3 is 0 Å². The molecule has 5 nitrogen and oxygen atoms in total. The van der Waals surface area contributed by atoms with E-state index < -0.39 is 0 Å². The molecule has 2 saturated heterocycles. The van der Waals surface area contributed by atoms with E-state index in [9.17, 15) is 9.18 Å². The molecule has 0 bridgehead atoms. The van der Waals surface area contributed by atoms with Crippen molar-refractivity contribution in [3.63, 3.8) is 0 Å². The van der Waals surface area contributed by atoms with Crippen LogP contribution in [0.2, 0.25) is 0 Å². The van der Waals surface area contributed by atoms with Crippen molar-refractivity contribution in [1.29, 1.82) is 0 Å². The first-order chi connectivity index (χ1) is 12.0. The Morgan fingerprint density at radius 1 is 1.52 bits per heavy atom. The number of carbonyl (C=O) groups excluding carboxylic acids is 1. The van der Waals surface area contributed by atoms with Crippen molar-refractivity contribution in [3.8, 4) is 0 Å². The second-order valence-electron chi connectivity index (χ2n) is 7.43. The average molecular weight is 350 g/mol. The van der Waals surface area contributed by atoms with Crippen molar-refractivity contribution >= 4 is 5.91 Å². The van der Waals surface area contributed by atoms with Gasteiger partial charge < -0.3 is 14.4 Å². The second-order valence-corrected chi connectivity index (χ2v) is 7.43. The minimum absolute atomic E-state index is 0.0343. The summed E-state index contributed by atoms with van der Waals surface area (Å²) in [7, 11) is 0. The molecule has 0 N–H and O–H groups in total. The van der Waals surface area contributed by atoms with Gasteiger partial charge in [0, 0.05) is 30.8 Å². The van der Waals surface area contributed by atoms with Gasteiger partial charge in [-0.05, 0) is 45.2 Å². The van der Waals surface area contributed by atoms with Gasteiger partial charge in [-0.2, -0.15) is 0 Å². The lowest BCUT2D eigenvalue weighted by molar-refractivity contribution is -0.168. The summed E-state index contributed by atoms with van der Waals surface area (Å²) < 4.78 is 24.9. The van der Waals surface area contributed by atoms with E-state index in [1.54, 1.807) is 6.07 Å². The number of ether oxygens (including phenoxy) is 2. The molecule has 1 aromatic rings. The third kappa shape index (κ3) is 4.36. The van der Waals surface area contributed by atoms with Gasteiger partial charge in [0.15, 0.2) is 0 Å². The quantitative estimate of drug-likeness (QED) is 0.819. The van der Waals surface area contributed by atoms with Gasteiger partial charge in [0.25, 0.3) is 0 Å². The minimum Gasteiger partial charge on any atom is -0.378 e. The number of hydrogen-bond acceptors (Lipinski definition) is 4. The maximum Gasteiger partial charge on any atom is 0.228 e. The molecule has 2 unspecified atom stereocenters. The van der Waals surface area contributed by atoms with E-state index in [2.05, 4.69) is 4.98 Å². The van der Waals surface area contributed by atoms with E-state index in [0.29, 0.717) is 25.4 Å². The summed E-state index contributed by atoms with van der Waals surface area (Å²) >= 11 is 0. The molecule has 2 aliphatic heterocycles. The first-order valence-electron chi connectivity index (χ1n) is 9.10. The highest BCUT2D eigenvalue weighted by Crippen LogP contribution is 2.40. The van der Waals surface area contributed by atoms with Crippen molar-refractivity contribution < 1.29 is 18.7 Å². The molecule has 6 heteroatoms. The number of fused-ring (bicyclic) bond motifs is 1. The van der Waals surface area contributed by atoms with E-state index in [0.717, 1.165) is 32.1 Å². The molecular weight excluding hydrogens is 323 g/mol. The van der Waals surface area contributed by atoms with E-state index in [-0.39, 0.29) is 35.8 Å². The van der Waals surface area contributed by atoms with E-state index >= 15 is 0 Å². The summed E-state index contributed by atoms with van der Waals surface area (Å²) in [5.74, 6) is -0.354. The number of aromatic nitrogens is 1. The Morgan fingerprint density at radius 2 is 2.36 bits per heavy atom. The summed E-state index contributed by atoms with van der Waals surface area (Å²) in [5, 5.41) is 0. The van der Waals surface area contributed by atoms with Gasteiger partial charge in [-0.3, -0.25) is 9.78 Å². The van der Waals surface area contributed by atoms with Crippen LogP contribution in [-0.2, 0) is 20.7 Å². The molecule has 0 aromatic carbocycles. The monoisotopic (exact) mass is 350 g/mol. The maximum absolute atomic E-state index is 13.0. The number of piperidine rings is 1. The Morgan fingerprint density at radius 3 is 3.08 bits per heavy atom. The van der Waals surface area contributed by atoms with Crippen molar-refractivity contribution in [2.45, 2.75) is 51.7 Å². The van der Waals surface area contributed by atoms with Crippen LogP contribution in [0.4, 0.5) is 4.39 Å². The number of carbonyl (C=O) groups is 1. The highest BCUT2D eigenvalue weighted by Gasteiger charge is 2.47. The van der Waals surface area contributed by atoms with Crippen LogP contribution in [0.3, 0.4) is 0 Å². The molecule has 0 spiro atoms. The predicted molar refractivity (Wildman–Crippen MR) is 91.6 cm³/mol. The average Bonchev–Trinajstić information content (AvgIpc) is 2.61. The van der Waals surface area contributed by atoms with Gasteiger partial charge in [-0.25, -0.2) is 4.39 Å². The Hall–Kier alpha value is -1.53. The van der Waals surface area contributed by atoms with Gasteiger partial charge in [-0.15, -0.1) is 0 Å². The summed E-state index contributed by atoms with van der Waals surface area (Å²) in [6.07, 6.45) is 4.53. The normalized spacial score (nSPS) is 26.6. The molecule has 1 aromatic heterocycles. The van der Waals surface area contributed by atoms with Crippen molar-refractivity contribution in [1.82, 2.24) is 9.88 Å². The molecule has 138 valence electrons. The van der Waals surface area contributed by atoms with Gasteiger partial charge in [0.05, 0.1) is 31.4 Å². The Labute approximate surface area is 148 Å². The smallest absolute Gasteiger partial charge is 0.228 e. The van der Waals surface area contributed by atoms with Crippen molar-refractivity contribution in [2.24, 2.45) is 5.41 Å². The Balaban J connectivity index is 1.68. The fraction of sp³-hybridized carbons (Fsp3) is 0.684. The number of rotatable bonds is 5. The molecule has 0 saturated carbocycles. The third-order valence-corrected chi connectivity index (χ3v) is 5.17. The van der Waals surface area contributed by atoms with Crippen molar-refractivity contribution in [3.05, 3.63) is 29.8 Å². The van der Waals surface area contributed by atoms with Crippen LogP contribution < -0.4 is 0 Å². The third-order valence-electron chi connectivity index (χ3n) is 5.17. The Bertz CT molecular complexity index is 593. The van der Waals surface area contributed by atoms with Crippen LogP contribution >= 0.6 is 0 Å². The van der Waals surface area contributed by atoms with Crippen LogP contribution in [0, 0.1) is 11.2 Å². The second kappa shape index (κ2) is 7.79. The van der Waals surface area contributed by atoms with Gasteiger partial charge in [0.1, 0.15) is 5.82 Å². The highest BCUT2D eigenvalue weighted by atomic mass is 19.1. The molecule has 2 atom stereocenters. The molecule has 0 radical (unpaired) electrons. The minimum atomic E-state index is -0.388. The van der Waals surface area contributed by atoms with E-state index in [1.807, 2.05) is 18.7 Å². The zero-order valence-electron chi connectivity index (χ0n) is 15.0. The summed E-state index contributed by atoms with van der Waals surface area (Å²) in [5.41, 5.74) is 0.480. The van der Waals surface area contributed by atoms with Crippen LogP contribution in [0.25, 0.3) is 0 Å². The van der Waals surface area contributed by atoms with Gasteiger partial charge in [-0.1, -0.05) is 0 Å². The molecule has 3 heterocycles. The van der Waals surface area contributed by atoms with E-state index in [4.69, 9.17) is 9.47 Å². The molecule has 3 rings (SSSR count). The molecule has 2 aliphatic rings. The fourth-order valence-corrected chi connectivity index (χ4v) is 3.82. The lowest BCUT2D eigenvalue weighted by Crippen LogP contribution is -2.58. The molecule has 2 fully saturated rings. The number of likely N-dealkylation sites (tertiary alicyclic amines) is 1. The van der Waals surface area contributed by atoms with Gasteiger partial charge in [0.2, 0.25) is 5.91 Å². The van der Waals surface area contributed by atoms with E-state index in [1.165, 1.54) is 6.07 Å². The zero-order valence-corrected chi connectivity index (χ0v) is 15.0. The largest absolute Gasteiger partial charge is 0.378 e. The maximum atomic E-state index is 13.0. The summed E-state index contributed by atoms with van der Waals surface area (Å²) in [6, 6.07) is 2.91. The standard InChI is InChI=1S/C19H27FN2O3/c1-14(2)25-13-19-7-3-9-24-17(19)6-8-22(12-19)18(23)10-16-5-4-15(20)11-21-16/h4-5,11,14,17H,3,6-10,12-13H2,1-2H3. The van der Waals surface area contributed by atoms with Crippen LogP contribution in [0.5, 0.6) is 0 Å². The Kier molecular flexibility index (Phi) is 5.69. The highest BCUT2D eigenvalue weighted by molar-refractivity contribution is 5.78. The SMILES string of the molecule is CC(C)OCC12CCCOC1CCN(C(=O)Cc1ccc(F)cn1)C2. The number of pyridine rings is 1. The van der Waals surface area contributed by atoms with Crippen LogP contribution in [0.1, 0.15) is 38.8 Å². The molecule has 0 aliphatic carbocycles. The van der Waals surface area contributed by atoms with Crippen LogP contribution in [0.15, 0.2) is 18.3 Å². The van der Waals surface area contributed by atoms with Crippen molar-refractivity contribution in [2.75, 3.05) is 26.3 Å². The molecule has 25 heavy (non-hydrogen) atoms. The molecule has 1 amide bonds. The number of hydrogen-bond donors (Lipinski definition) is 0. The first kappa shape index (κ1) is 18.3. The predicted octanol–water partition coefficient (Wildman–Crippen LogP) is 2.59. The molecular formula is C19H27FN2O3. The topological polar surface area (TPSA) is 51.7 Å². The zero-order chi connectivity index (χ0) is 17.9. The van der Waals surface area contributed by atoms with Crippen LogP contribution in [-0.4, -0.2) is 54.3 Å².